The number of benzene rings is 2. The molecular weight excluding hydrogens is 238 g/mol. The molecule has 2 N–H and O–H groups in total. The average molecular weight is 251 g/mol. The van der Waals surface area contributed by atoms with Crippen LogP contribution in [0.2, 0.25) is 0 Å². The summed E-state index contributed by atoms with van der Waals surface area (Å²) in [5, 5.41) is 0. The molecule has 94 valence electrons. The predicted octanol–water partition coefficient (Wildman–Crippen LogP) is 3.10. The molecule has 0 aliphatic carbocycles. The van der Waals surface area contributed by atoms with Gasteiger partial charge in [0.2, 0.25) is 0 Å². The minimum atomic E-state index is 0.644. The van der Waals surface area contributed by atoms with Gasteiger partial charge in [-0.05, 0) is 30.2 Å². The van der Waals surface area contributed by atoms with Gasteiger partial charge in [-0.15, -0.1) is 0 Å². The third-order valence-corrected chi connectivity index (χ3v) is 3.52. The maximum atomic E-state index is 5.82. The molecule has 2 heterocycles. The van der Waals surface area contributed by atoms with Crippen LogP contribution in [-0.2, 0) is 6.42 Å². The first kappa shape index (κ1) is 10.4. The van der Waals surface area contributed by atoms with E-state index in [1.54, 1.807) is 0 Å². The number of aromatic nitrogens is 1. The molecule has 0 unspecified atom stereocenters. The highest BCUT2D eigenvalue weighted by Gasteiger charge is 2.23. The number of nitrogens with two attached hydrogens (primary N) is 1. The number of oxazole rings is 1. The zero-order valence-corrected chi connectivity index (χ0v) is 10.3. The van der Waals surface area contributed by atoms with E-state index in [0.29, 0.717) is 11.7 Å². The zero-order valence-electron chi connectivity index (χ0n) is 10.3. The molecule has 4 rings (SSSR count). The molecule has 0 bridgehead atoms. The Kier molecular flexibility index (Phi) is 2.06. The molecule has 1 aliphatic rings. The highest BCUT2D eigenvalue weighted by Crippen LogP contribution is 2.35. The van der Waals surface area contributed by atoms with Gasteiger partial charge in [-0.2, -0.15) is 4.98 Å². The fourth-order valence-electron chi connectivity index (χ4n) is 2.58. The monoisotopic (exact) mass is 251 g/mol. The van der Waals surface area contributed by atoms with Gasteiger partial charge in [0.05, 0.1) is 0 Å². The second-order valence-electron chi connectivity index (χ2n) is 4.75. The quantitative estimate of drug-likeness (QED) is 0.675. The SMILES string of the molecule is Nc1ccc2nc(N3CCc4ccccc43)oc2c1. The van der Waals surface area contributed by atoms with Crippen LogP contribution in [0.3, 0.4) is 0 Å². The molecule has 1 aromatic heterocycles. The zero-order chi connectivity index (χ0) is 12.8. The molecule has 3 aromatic rings. The summed E-state index contributed by atoms with van der Waals surface area (Å²) in [6, 6.07) is 14.5. The first-order chi connectivity index (χ1) is 9.31. The number of fused-ring (bicyclic) bond motifs is 2. The van der Waals surface area contributed by atoms with Crippen LogP contribution in [0.25, 0.3) is 11.1 Å². The van der Waals surface area contributed by atoms with E-state index in [1.165, 1.54) is 11.3 Å². The third-order valence-electron chi connectivity index (χ3n) is 3.52. The van der Waals surface area contributed by atoms with Gasteiger partial charge < -0.3 is 10.2 Å². The van der Waals surface area contributed by atoms with Crippen molar-refractivity contribution in [2.45, 2.75) is 6.42 Å². The summed E-state index contributed by atoms with van der Waals surface area (Å²) in [4.78, 5) is 6.66. The van der Waals surface area contributed by atoms with Crippen LogP contribution in [0.15, 0.2) is 46.9 Å². The summed E-state index contributed by atoms with van der Waals surface area (Å²) < 4.78 is 5.82. The van der Waals surface area contributed by atoms with E-state index in [9.17, 15) is 0 Å². The lowest BCUT2D eigenvalue weighted by molar-refractivity contribution is 0.597. The number of hydrogen-bond donors (Lipinski definition) is 1. The number of nitrogens with zero attached hydrogens (tertiary/aromatic N) is 2. The van der Waals surface area contributed by atoms with Crippen molar-refractivity contribution in [1.29, 1.82) is 0 Å². The first-order valence-corrected chi connectivity index (χ1v) is 6.33. The Hall–Kier alpha value is -2.49. The molecule has 2 aromatic carbocycles. The predicted molar refractivity (Wildman–Crippen MR) is 75.6 cm³/mol. The number of anilines is 3. The maximum absolute atomic E-state index is 5.82. The highest BCUT2D eigenvalue weighted by atomic mass is 16.4. The molecule has 0 fully saturated rings. The van der Waals surface area contributed by atoms with E-state index in [-0.39, 0.29) is 0 Å². The van der Waals surface area contributed by atoms with Gasteiger partial charge in [-0.1, -0.05) is 18.2 Å². The molecule has 0 saturated carbocycles. The summed E-state index contributed by atoms with van der Waals surface area (Å²) in [6.07, 6.45) is 1.02. The Morgan fingerprint density at radius 2 is 2.05 bits per heavy atom. The number of rotatable bonds is 1. The molecular formula is C15H13N3O. The molecule has 0 atom stereocenters. The minimum absolute atomic E-state index is 0.644. The lowest BCUT2D eigenvalue weighted by Gasteiger charge is -2.13. The molecule has 4 nitrogen and oxygen atoms in total. The van der Waals surface area contributed by atoms with Crippen LogP contribution in [-0.4, -0.2) is 11.5 Å². The Balaban J connectivity index is 1.83. The van der Waals surface area contributed by atoms with E-state index in [4.69, 9.17) is 10.2 Å². The second kappa shape index (κ2) is 3.75. The topological polar surface area (TPSA) is 55.3 Å². The number of hydrogen-bond acceptors (Lipinski definition) is 4. The van der Waals surface area contributed by atoms with E-state index in [1.807, 2.05) is 24.3 Å². The molecule has 0 saturated heterocycles. The molecule has 19 heavy (non-hydrogen) atoms. The van der Waals surface area contributed by atoms with Gasteiger partial charge in [-0.25, -0.2) is 0 Å². The number of nitrogen functional groups attached to an aromatic ring is 1. The lowest BCUT2D eigenvalue weighted by atomic mass is 10.2. The van der Waals surface area contributed by atoms with Gasteiger partial charge >= 0.3 is 6.01 Å². The second-order valence-corrected chi connectivity index (χ2v) is 4.75. The Morgan fingerprint density at radius 1 is 1.16 bits per heavy atom. The van der Waals surface area contributed by atoms with Gasteiger partial charge in [0.1, 0.15) is 5.52 Å². The van der Waals surface area contributed by atoms with E-state index in [2.05, 4.69) is 28.1 Å². The Labute approximate surface area is 110 Å². The van der Waals surface area contributed by atoms with Crippen molar-refractivity contribution in [2.75, 3.05) is 17.2 Å². The van der Waals surface area contributed by atoms with Crippen molar-refractivity contribution in [1.82, 2.24) is 4.98 Å². The Morgan fingerprint density at radius 3 is 3.00 bits per heavy atom. The van der Waals surface area contributed by atoms with Crippen molar-refractivity contribution >= 4 is 28.5 Å². The Bertz CT molecular complexity index is 763. The molecule has 0 spiro atoms. The van der Waals surface area contributed by atoms with Crippen molar-refractivity contribution in [2.24, 2.45) is 0 Å². The van der Waals surface area contributed by atoms with Crippen LogP contribution < -0.4 is 10.6 Å². The summed E-state index contributed by atoms with van der Waals surface area (Å²) >= 11 is 0. The van der Waals surface area contributed by atoms with E-state index in [0.717, 1.165) is 24.1 Å². The standard InChI is InChI=1S/C15H13N3O/c16-11-5-6-12-14(9-11)19-15(17-12)18-8-7-10-3-1-2-4-13(10)18/h1-6,9H,7-8,16H2. The normalized spacial score (nSPS) is 14.0. The van der Waals surface area contributed by atoms with Crippen LogP contribution >= 0.6 is 0 Å². The van der Waals surface area contributed by atoms with Gasteiger partial charge in [0.15, 0.2) is 5.58 Å². The fraction of sp³-hybridized carbons (Fsp3) is 0.133. The average Bonchev–Trinajstić information content (AvgIpc) is 3.00. The fourth-order valence-corrected chi connectivity index (χ4v) is 2.58. The summed E-state index contributed by atoms with van der Waals surface area (Å²) in [6.45, 7) is 0.904. The van der Waals surface area contributed by atoms with Crippen LogP contribution in [0.1, 0.15) is 5.56 Å². The van der Waals surface area contributed by atoms with Crippen molar-refractivity contribution < 1.29 is 4.42 Å². The summed E-state index contributed by atoms with van der Waals surface area (Å²) in [5.74, 6) is 0. The summed E-state index contributed by atoms with van der Waals surface area (Å²) in [7, 11) is 0. The van der Waals surface area contributed by atoms with Crippen LogP contribution in [0, 0.1) is 0 Å². The van der Waals surface area contributed by atoms with Crippen LogP contribution in [0.5, 0.6) is 0 Å². The third kappa shape index (κ3) is 1.57. The lowest BCUT2D eigenvalue weighted by Crippen LogP contribution is -2.13. The van der Waals surface area contributed by atoms with Crippen molar-refractivity contribution in [3.63, 3.8) is 0 Å². The highest BCUT2D eigenvalue weighted by molar-refractivity contribution is 5.79. The van der Waals surface area contributed by atoms with Crippen LogP contribution in [0.4, 0.5) is 17.4 Å². The molecule has 4 heteroatoms. The van der Waals surface area contributed by atoms with Crippen molar-refractivity contribution in [3.8, 4) is 0 Å². The molecule has 0 amide bonds. The van der Waals surface area contributed by atoms with Gasteiger partial charge in [-0.3, -0.25) is 4.90 Å². The smallest absolute Gasteiger partial charge is 0.303 e. The largest absolute Gasteiger partial charge is 0.423 e. The van der Waals surface area contributed by atoms with Gasteiger partial charge in [0, 0.05) is 24.0 Å². The van der Waals surface area contributed by atoms with E-state index < -0.39 is 0 Å². The van der Waals surface area contributed by atoms with E-state index >= 15 is 0 Å². The molecule has 1 aliphatic heterocycles. The molecule has 0 radical (unpaired) electrons. The van der Waals surface area contributed by atoms with Crippen molar-refractivity contribution in [3.05, 3.63) is 48.0 Å². The number of para-hydroxylation sites is 1. The van der Waals surface area contributed by atoms with Gasteiger partial charge in [0.25, 0.3) is 0 Å². The maximum Gasteiger partial charge on any atom is 0.303 e. The first-order valence-electron chi connectivity index (χ1n) is 6.33. The minimum Gasteiger partial charge on any atom is -0.423 e. The summed E-state index contributed by atoms with van der Waals surface area (Å²) in [5.41, 5.74) is 10.5.